The third-order valence-electron chi connectivity index (χ3n) is 2.34. The summed E-state index contributed by atoms with van der Waals surface area (Å²) in [6.45, 7) is 1.62. The number of rotatable bonds is 2. The number of nitrogens with one attached hydrogen (secondary N) is 1. The molecule has 0 aliphatic carbocycles. The lowest BCUT2D eigenvalue weighted by Gasteiger charge is -2.07. The van der Waals surface area contributed by atoms with E-state index in [-0.39, 0.29) is 5.82 Å². The van der Waals surface area contributed by atoms with E-state index in [9.17, 15) is 4.39 Å². The second kappa shape index (κ2) is 4.79. The normalized spacial score (nSPS) is 10.4. The van der Waals surface area contributed by atoms with Crippen LogP contribution in [0, 0.1) is 12.7 Å². The maximum absolute atomic E-state index is 13.6. The molecule has 0 spiro atoms. The van der Waals surface area contributed by atoms with E-state index < -0.39 is 5.82 Å². The summed E-state index contributed by atoms with van der Waals surface area (Å²) >= 11 is 3.38. The molecule has 2 aromatic rings. The Hall–Kier alpha value is -1.49. The van der Waals surface area contributed by atoms with Crippen molar-refractivity contribution in [2.24, 2.45) is 0 Å². The van der Waals surface area contributed by atoms with Gasteiger partial charge < -0.3 is 5.32 Å². The van der Waals surface area contributed by atoms with Crippen LogP contribution in [0.25, 0.3) is 11.4 Å². The van der Waals surface area contributed by atoms with E-state index >= 15 is 0 Å². The van der Waals surface area contributed by atoms with E-state index in [4.69, 9.17) is 0 Å². The molecule has 17 heavy (non-hydrogen) atoms. The first-order chi connectivity index (χ1) is 8.11. The van der Waals surface area contributed by atoms with E-state index in [1.807, 2.05) is 24.3 Å². The van der Waals surface area contributed by atoms with Gasteiger partial charge in [0.2, 0.25) is 0 Å². The highest BCUT2D eigenvalue weighted by molar-refractivity contribution is 9.10. The highest BCUT2D eigenvalue weighted by Crippen LogP contribution is 2.23. The van der Waals surface area contributed by atoms with Gasteiger partial charge in [-0.25, -0.2) is 14.4 Å². The van der Waals surface area contributed by atoms with Gasteiger partial charge in [0.05, 0.1) is 5.69 Å². The Labute approximate surface area is 107 Å². The lowest BCUT2D eigenvalue weighted by atomic mass is 10.2. The highest BCUT2D eigenvalue weighted by atomic mass is 79.9. The summed E-state index contributed by atoms with van der Waals surface area (Å²) < 4.78 is 14.5. The molecule has 3 nitrogen and oxygen atoms in total. The van der Waals surface area contributed by atoms with E-state index in [0.29, 0.717) is 11.5 Å². The quantitative estimate of drug-likeness (QED) is 0.923. The highest BCUT2D eigenvalue weighted by Gasteiger charge is 2.11. The fourth-order valence-corrected chi connectivity index (χ4v) is 1.88. The smallest absolute Gasteiger partial charge is 0.186 e. The standard InChI is InChI=1S/C12H11BrFN3/c1-7-10(14)12(15-2)17-11(16-7)8-4-3-5-9(13)6-8/h3-6H,1-2H3,(H,15,16,17). The van der Waals surface area contributed by atoms with Gasteiger partial charge in [0, 0.05) is 17.1 Å². The molecule has 2 rings (SSSR count). The minimum atomic E-state index is -0.411. The first-order valence-corrected chi connectivity index (χ1v) is 5.89. The molecule has 88 valence electrons. The Morgan fingerprint density at radius 3 is 2.71 bits per heavy atom. The van der Waals surface area contributed by atoms with Crippen LogP contribution in [-0.4, -0.2) is 17.0 Å². The molecule has 0 saturated heterocycles. The van der Waals surface area contributed by atoms with Crippen molar-refractivity contribution < 1.29 is 4.39 Å². The van der Waals surface area contributed by atoms with Gasteiger partial charge >= 0.3 is 0 Å². The van der Waals surface area contributed by atoms with Gasteiger partial charge in [-0.15, -0.1) is 0 Å². The van der Waals surface area contributed by atoms with Crippen LogP contribution in [0.5, 0.6) is 0 Å². The average Bonchev–Trinajstić information content (AvgIpc) is 2.32. The Balaban J connectivity index is 2.56. The molecule has 1 heterocycles. The van der Waals surface area contributed by atoms with Crippen LogP contribution in [0.1, 0.15) is 5.69 Å². The molecule has 1 N–H and O–H groups in total. The van der Waals surface area contributed by atoms with Crippen molar-refractivity contribution in [1.29, 1.82) is 0 Å². The van der Waals surface area contributed by atoms with Crippen molar-refractivity contribution in [3.05, 3.63) is 40.2 Å². The summed E-state index contributed by atoms with van der Waals surface area (Å²) in [4.78, 5) is 8.29. The van der Waals surface area contributed by atoms with E-state index in [1.165, 1.54) is 0 Å². The molecule has 1 aromatic carbocycles. The monoisotopic (exact) mass is 295 g/mol. The number of hydrogen-bond acceptors (Lipinski definition) is 3. The van der Waals surface area contributed by atoms with Crippen LogP contribution in [0.4, 0.5) is 10.2 Å². The van der Waals surface area contributed by atoms with Gasteiger partial charge in [-0.3, -0.25) is 0 Å². The van der Waals surface area contributed by atoms with Crippen LogP contribution >= 0.6 is 15.9 Å². The second-order valence-electron chi connectivity index (χ2n) is 3.56. The largest absolute Gasteiger partial charge is 0.371 e. The molecule has 0 bridgehead atoms. The maximum Gasteiger partial charge on any atom is 0.186 e. The Kier molecular flexibility index (Phi) is 3.38. The number of hydrogen-bond donors (Lipinski definition) is 1. The average molecular weight is 296 g/mol. The Morgan fingerprint density at radius 1 is 1.29 bits per heavy atom. The minimum Gasteiger partial charge on any atom is -0.371 e. The summed E-state index contributed by atoms with van der Waals surface area (Å²) in [5.41, 5.74) is 1.18. The van der Waals surface area contributed by atoms with Gasteiger partial charge in [0.25, 0.3) is 0 Å². The molecule has 0 fully saturated rings. The van der Waals surface area contributed by atoms with Crippen LogP contribution in [0.3, 0.4) is 0 Å². The predicted octanol–water partition coefficient (Wildman–Crippen LogP) is 3.40. The summed E-state index contributed by atoms with van der Waals surface area (Å²) in [7, 11) is 1.63. The summed E-state index contributed by atoms with van der Waals surface area (Å²) in [6.07, 6.45) is 0. The fourth-order valence-electron chi connectivity index (χ4n) is 1.48. The molecule has 1 aromatic heterocycles. The minimum absolute atomic E-state index is 0.215. The molecule has 0 aliphatic rings. The van der Waals surface area contributed by atoms with Gasteiger partial charge in [0.15, 0.2) is 17.5 Å². The van der Waals surface area contributed by atoms with Gasteiger partial charge in [-0.1, -0.05) is 28.1 Å². The zero-order valence-corrected chi connectivity index (χ0v) is 11.0. The molecule has 0 atom stereocenters. The van der Waals surface area contributed by atoms with Crippen molar-refractivity contribution in [3.63, 3.8) is 0 Å². The first-order valence-electron chi connectivity index (χ1n) is 5.09. The Bertz CT molecular complexity index is 557. The summed E-state index contributed by atoms with van der Waals surface area (Å²) in [5, 5.41) is 2.72. The first kappa shape index (κ1) is 12.0. The van der Waals surface area contributed by atoms with Gasteiger partial charge in [-0.2, -0.15) is 0 Å². The topological polar surface area (TPSA) is 37.8 Å². The van der Waals surface area contributed by atoms with Gasteiger partial charge in [0.1, 0.15) is 0 Å². The summed E-state index contributed by atoms with van der Waals surface area (Å²) in [5.74, 6) is 0.313. The SMILES string of the molecule is CNc1nc(-c2cccc(Br)c2)nc(C)c1F. The van der Waals surface area contributed by atoms with Crippen LogP contribution in [0.15, 0.2) is 28.7 Å². The molecule has 0 aliphatic heterocycles. The number of halogens is 2. The third kappa shape index (κ3) is 2.44. The second-order valence-corrected chi connectivity index (χ2v) is 4.47. The molecule has 0 saturated carbocycles. The van der Waals surface area contributed by atoms with Crippen LogP contribution < -0.4 is 5.32 Å². The molecule has 5 heteroatoms. The molecule has 0 unspecified atom stereocenters. The van der Waals surface area contributed by atoms with Crippen LogP contribution in [-0.2, 0) is 0 Å². The molecule has 0 radical (unpaired) electrons. The van der Waals surface area contributed by atoms with Crippen molar-refractivity contribution in [2.45, 2.75) is 6.92 Å². The number of nitrogens with zero attached hydrogens (tertiary/aromatic N) is 2. The predicted molar refractivity (Wildman–Crippen MR) is 69.4 cm³/mol. The number of anilines is 1. The van der Waals surface area contributed by atoms with E-state index in [1.54, 1.807) is 14.0 Å². The molecule has 0 amide bonds. The van der Waals surface area contributed by atoms with E-state index in [0.717, 1.165) is 10.0 Å². The third-order valence-corrected chi connectivity index (χ3v) is 2.83. The summed E-state index contributed by atoms with van der Waals surface area (Å²) in [6, 6.07) is 7.59. The zero-order valence-electron chi connectivity index (χ0n) is 9.46. The van der Waals surface area contributed by atoms with Crippen molar-refractivity contribution in [3.8, 4) is 11.4 Å². The fraction of sp³-hybridized carbons (Fsp3) is 0.167. The number of benzene rings is 1. The van der Waals surface area contributed by atoms with E-state index in [2.05, 4.69) is 31.2 Å². The maximum atomic E-state index is 13.6. The van der Waals surface area contributed by atoms with Crippen LogP contribution in [0.2, 0.25) is 0 Å². The van der Waals surface area contributed by atoms with Gasteiger partial charge in [-0.05, 0) is 19.1 Å². The van der Waals surface area contributed by atoms with Crippen molar-refractivity contribution in [2.75, 3.05) is 12.4 Å². The lowest BCUT2D eigenvalue weighted by molar-refractivity contribution is 0.607. The lowest BCUT2D eigenvalue weighted by Crippen LogP contribution is -2.03. The zero-order chi connectivity index (χ0) is 12.4. The number of aromatic nitrogens is 2. The van der Waals surface area contributed by atoms with Crippen molar-refractivity contribution in [1.82, 2.24) is 9.97 Å². The Morgan fingerprint density at radius 2 is 2.06 bits per heavy atom. The molecular weight excluding hydrogens is 285 g/mol. The van der Waals surface area contributed by atoms with Crippen molar-refractivity contribution >= 4 is 21.7 Å². The number of aryl methyl sites for hydroxylation is 1. The molecular formula is C12H11BrFN3.